The van der Waals surface area contributed by atoms with Gasteiger partial charge in [-0.05, 0) is 17.9 Å². The Morgan fingerprint density at radius 3 is 2.77 bits per heavy atom. The van der Waals surface area contributed by atoms with Gasteiger partial charge >= 0.3 is 0 Å². The lowest BCUT2D eigenvalue weighted by Gasteiger charge is -2.10. The lowest BCUT2D eigenvalue weighted by Crippen LogP contribution is -2.07. The number of nitrogens with two attached hydrogens (primary N) is 1. The number of benzene rings is 1. The summed E-state index contributed by atoms with van der Waals surface area (Å²) in [4.78, 5) is 12.8. The molecular formula is C16H18N6. The third-order valence-corrected chi connectivity index (χ3v) is 3.22. The van der Waals surface area contributed by atoms with Crippen LogP contribution in [0.25, 0.3) is 10.8 Å². The van der Waals surface area contributed by atoms with Gasteiger partial charge in [0.2, 0.25) is 5.95 Å². The fourth-order valence-electron chi connectivity index (χ4n) is 2.21. The van der Waals surface area contributed by atoms with Crippen molar-refractivity contribution in [2.24, 2.45) is 0 Å². The monoisotopic (exact) mass is 294 g/mol. The molecule has 0 aliphatic heterocycles. The van der Waals surface area contributed by atoms with Crippen LogP contribution in [0.15, 0.2) is 42.6 Å². The molecule has 0 saturated heterocycles. The van der Waals surface area contributed by atoms with Gasteiger partial charge in [0.1, 0.15) is 17.5 Å². The minimum absolute atomic E-state index is 0.226. The van der Waals surface area contributed by atoms with Gasteiger partial charge in [0.15, 0.2) is 0 Å². The van der Waals surface area contributed by atoms with Crippen molar-refractivity contribution < 1.29 is 0 Å². The molecule has 4 N–H and O–H groups in total. The summed E-state index contributed by atoms with van der Waals surface area (Å²) in [6.45, 7) is 2.93. The molecule has 0 unspecified atom stereocenters. The van der Waals surface area contributed by atoms with Crippen molar-refractivity contribution in [3.05, 3.63) is 42.6 Å². The van der Waals surface area contributed by atoms with E-state index in [0.29, 0.717) is 11.6 Å². The Bertz CT molecular complexity index is 781. The van der Waals surface area contributed by atoms with Gasteiger partial charge in [0.05, 0.1) is 0 Å². The zero-order valence-electron chi connectivity index (χ0n) is 12.4. The van der Waals surface area contributed by atoms with Gasteiger partial charge in [-0.25, -0.2) is 4.98 Å². The van der Waals surface area contributed by atoms with E-state index < -0.39 is 0 Å². The lowest BCUT2D eigenvalue weighted by atomic mass is 10.1. The highest BCUT2D eigenvalue weighted by atomic mass is 15.1. The van der Waals surface area contributed by atoms with Crippen LogP contribution in [0.5, 0.6) is 0 Å². The zero-order chi connectivity index (χ0) is 15.4. The number of nitrogen functional groups attached to an aromatic ring is 1. The molecule has 2 aromatic heterocycles. The SMILES string of the molecule is CCCNc1cc(Nc2nccc3ccccc23)nc(N)n1. The zero-order valence-corrected chi connectivity index (χ0v) is 12.4. The number of aromatic nitrogens is 3. The van der Waals surface area contributed by atoms with Crippen LogP contribution in [-0.4, -0.2) is 21.5 Å². The molecule has 0 aliphatic rings. The number of anilines is 4. The first kappa shape index (κ1) is 14.1. The lowest BCUT2D eigenvalue weighted by molar-refractivity contribution is 0.967. The van der Waals surface area contributed by atoms with Crippen molar-refractivity contribution in [3.63, 3.8) is 0 Å². The second-order valence-corrected chi connectivity index (χ2v) is 4.93. The maximum atomic E-state index is 5.77. The van der Waals surface area contributed by atoms with Crippen molar-refractivity contribution in [1.82, 2.24) is 15.0 Å². The summed E-state index contributed by atoms with van der Waals surface area (Å²) in [6.07, 6.45) is 2.78. The average Bonchev–Trinajstić information content (AvgIpc) is 2.53. The van der Waals surface area contributed by atoms with Crippen molar-refractivity contribution >= 4 is 34.2 Å². The molecule has 22 heavy (non-hydrogen) atoms. The molecule has 1 aromatic carbocycles. The summed E-state index contributed by atoms with van der Waals surface area (Å²) in [5, 5.41) is 8.58. The van der Waals surface area contributed by atoms with Crippen LogP contribution >= 0.6 is 0 Å². The Balaban J connectivity index is 1.93. The maximum absolute atomic E-state index is 5.77. The smallest absolute Gasteiger partial charge is 0.223 e. The third-order valence-electron chi connectivity index (χ3n) is 3.22. The number of rotatable bonds is 5. The molecular weight excluding hydrogens is 276 g/mol. The molecule has 0 atom stereocenters. The van der Waals surface area contributed by atoms with Crippen LogP contribution in [-0.2, 0) is 0 Å². The van der Waals surface area contributed by atoms with Crippen molar-refractivity contribution in [2.75, 3.05) is 22.9 Å². The van der Waals surface area contributed by atoms with Crippen molar-refractivity contribution in [2.45, 2.75) is 13.3 Å². The van der Waals surface area contributed by atoms with E-state index in [1.54, 1.807) is 6.20 Å². The van der Waals surface area contributed by atoms with Gasteiger partial charge in [-0.3, -0.25) is 0 Å². The molecule has 2 heterocycles. The molecule has 0 fully saturated rings. The van der Waals surface area contributed by atoms with E-state index in [9.17, 15) is 0 Å². The average molecular weight is 294 g/mol. The largest absolute Gasteiger partial charge is 0.370 e. The molecule has 0 saturated carbocycles. The quantitative estimate of drug-likeness (QED) is 0.670. The van der Waals surface area contributed by atoms with E-state index in [4.69, 9.17) is 5.73 Å². The molecule has 3 aromatic rings. The van der Waals surface area contributed by atoms with Crippen LogP contribution in [0.1, 0.15) is 13.3 Å². The predicted octanol–water partition coefficient (Wildman–Crippen LogP) is 3.17. The Kier molecular flexibility index (Phi) is 4.00. The second-order valence-electron chi connectivity index (χ2n) is 4.93. The predicted molar refractivity (Wildman–Crippen MR) is 90.3 cm³/mol. The van der Waals surface area contributed by atoms with E-state index in [-0.39, 0.29) is 5.95 Å². The first-order valence-electron chi connectivity index (χ1n) is 7.25. The molecule has 0 radical (unpaired) electrons. The Labute approximate surface area is 128 Å². The number of hydrogen-bond donors (Lipinski definition) is 3. The Hall–Kier alpha value is -2.89. The van der Waals surface area contributed by atoms with Gasteiger partial charge < -0.3 is 16.4 Å². The molecule has 6 heteroatoms. The van der Waals surface area contributed by atoms with Gasteiger partial charge in [0.25, 0.3) is 0 Å². The van der Waals surface area contributed by atoms with E-state index in [1.807, 2.05) is 36.4 Å². The summed E-state index contributed by atoms with van der Waals surface area (Å²) >= 11 is 0. The Morgan fingerprint density at radius 1 is 1.09 bits per heavy atom. The number of hydrogen-bond acceptors (Lipinski definition) is 6. The standard InChI is InChI=1S/C16H18N6/c1-2-8-18-13-10-14(22-16(17)21-13)20-15-12-6-4-3-5-11(12)7-9-19-15/h3-7,9-10H,2,8H2,1H3,(H4,17,18,19,20,21,22). The van der Waals surface area contributed by atoms with Crippen LogP contribution in [0, 0.1) is 0 Å². The van der Waals surface area contributed by atoms with E-state index in [0.717, 1.165) is 29.6 Å². The topological polar surface area (TPSA) is 88.8 Å². The minimum Gasteiger partial charge on any atom is -0.370 e. The summed E-state index contributed by atoms with van der Waals surface area (Å²) in [5.74, 6) is 2.30. The highest BCUT2D eigenvalue weighted by Gasteiger charge is 2.06. The number of pyridine rings is 1. The molecule has 0 aliphatic carbocycles. The van der Waals surface area contributed by atoms with Gasteiger partial charge in [-0.15, -0.1) is 0 Å². The van der Waals surface area contributed by atoms with Crippen molar-refractivity contribution in [3.8, 4) is 0 Å². The molecule has 6 nitrogen and oxygen atoms in total. The molecule has 3 rings (SSSR count). The van der Waals surface area contributed by atoms with E-state index >= 15 is 0 Å². The fourth-order valence-corrected chi connectivity index (χ4v) is 2.21. The summed E-state index contributed by atoms with van der Waals surface area (Å²) in [6, 6.07) is 11.9. The van der Waals surface area contributed by atoms with Gasteiger partial charge in [-0.2, -0.15) is 9.97 Å². The van der Waals surface area contributed by atoms with Gasteiger partial charge in [-0.1, -0.05) is 31.2 Å². The van der Waals surface area contributed by atoms with E-state index in [1.165, 1.54) is 0 Å². The summed E-state index contributed by atoms with van der Waals surface area (Å²) in [7, 11) is 0. The normalized spacial score (nSPS) is 10.6. The summed E-state index contributed by atoms with van der Waals surface area (Å²) < 4.78 is 0. The Morgan fingerprint density at radius 2 is 1.91 bits per heavy atom. The molecule has 0 spiro atoms. The number of fused-ring (bicyclic) bond motifs is 1. The summed E-state index contributed by atoms with van der Waals surface area (Å²) in [5.41, 5.74) is 5.77. The van der Waals surface area contributed by atoms with E-state index in [2.05, 4.69) is 32.5 Å². The molecule has 0 bridgehead atoms. The highest BCUT2D eigenvalue weighted by Crippen LogP contribution is 2.24. The second kappa shape index (κ2) is 6.26. The van der Waals surface area contributed by atoms with Crippen LogP contribution in [0.3, 0.4) is 0 Å². The highest BCUT2D eigenvalue weighted by molar-refractivity contribution is 5.92. The first-order chi connectivity index (χ1) is 10.8. The first-order valence-corrected chi connectivity index (χ1v) is 7.25. The third kappa shape index (κ3) is 3.06. The number of nitrogens with one attached hydrogen (secondary N) is 2. The van der Waals surface area contributed by atoms with Crippen LogP contribution in [0.4, 0.5) is 23.4 Å². The molecule has 0 amide bonds. The van der Waals surface area contributed by atoms with Crippen LogP contribution < -0.4 is 16.4 Å². The fraction of sp³-hybridized carbons (Fsp3) is 0.188. The maximum Gasteiger partial charge on any atom is 0.223 e. The van der Waals surface area contributed by atoms with Crippen LogP contribution in [0.2, 0.25) is 0 Å². The van der Waals surface area contributed by atoms with Crippen molar-refractivity contribution in [1.29, 1.82) is 0 Å². The molecule has 112 valence electrons. The number of nitrogens with zero attached hydrogens (tertiary/aromatic N) is 3. The van der Waals surface area contributed by atoms with Gasteiger partial charge in [0, 0.05) is 24.2 Å². The minimum atomic E-state index is 0.226.